The molecule has 3 rings (SSSR count). The van der Waals surface area contributed by atoms with E-state index in [0.717, 1.165) is 16.1 Å². The van der Waals surface area contributed by atoms with Crippen LogP contribution in [0.3, 0.4) is 0 Å². The minimum atomic E-state index is -0.560. The molecule has 0 spiro atoms. The van der Waals surface area contributed by atoms with Crippen molar-refractivity contribution < 1.29 is 9.90 Å². The van der Waals surface area contributed by atoms with Crippen LogP contribution in [-0.2, 0) is 6.42 Å². The molecule has 2 atom stereocenters. The second-order valence-electron chi connectivity index (χ2n) is 4.66. The third-order valence-corrected chi connectivity index (χ3v) is 4.25. The van der Waals surface area contributed by atoms with E-state index in [4.69, 9.17) is 0 Å². The summed E-state index contributed by atoms with van der Waals surface area (Å²) in [4.78, 5) is 16.8. The predicted molar refractivity (Wildman–Crippen MR) is 73.2 cm³/mol. The SMILES string of the molecule is Cc1ncc(C(=O)N[C@H]2c3ccccc3C[C@H]2O)s1. The lowest BCUT2D eigenvalue weighted by molar-refractivity contribution is 0.0862. The van der Waals surface area contributed by atoms with Crippen molar-refractivity contribution in [2.45, 2.75) is 25.5 Å². The largest absolute Gasteiger partial charge is 0.390 e. The Kier molecular flexibility index (Phi) is 3.08. The molecule has 2 aromatic rings. The Morgan fingerprint density at radius 2 is 2.26 bits per heavy atom. The molecule has 0 saturated carbocycles. The molecule has 98 valence electrons. The van der Waals surface area contributed by atoms with Crippen LogP contribution in [-0.4, -0.2) is 22.1 Å². The minimum absolute atomic E-state index is 0.175. The van der Waals surface area contributed by atoms with Gasteiger partial charge in [-0.15, -0.1) is 11.3 Å². The number of fused-ring (bicyclic) bond motifs is 1. The number of aryl methyl sites for hydroxylation is 1. The van der Waals surface area contributed by atoms with Gasteiger partial charge in [0.05, 0.1) is 23.4 Å². The summed E-state index contributed by atoms with van der Waals surface area (Å²) < 4.78 is 0. The zero-order valence-corrected chi connectivity index (χ0v) is 11.3. The van der Waals surface area contributed by atoms with Crippen molar-refractivity contribution in [2.75, 3.05) is 0 Å². The summed E-state index contributed by atoms with van der Waals surface area (Å²) in [5, 5.41) is 13.8. The number of carbonyl (C=O) groups excluding carboxylic acids is 1. The molecule has 2 N–H and O–H groups in total. The molecule has 4 nitrogen and oxygen atoms in total. The quantitative estimate of drug-likeness (QED) is 0.878. The van der Waals surface area contributed by atoms with Gasteiger partial charge in [-0.2, -0.15) is 0 Å². The molecule has 1 heterocycles. The first kappa shape index (κ1) is 12.3. The van der Waals surface area contributed by atoms with Gasteiger partial charge in [-0.1, -0.05) is 24.3 Å². The molecule has 1 aromatic carbocycles. The summed E-state index contributed by atoms with van der Waals surface area (Å²) >= 11 is 1.36. The average molecular weight is 274 g/mol. The van der Waals surface area contributed by atoms with E-state index < -0.39 is 6.10 Å². The van der Waals surface area contributed by atoms with Crippen molar-refractivity contribution >= 4 is 17.2 Å². The first-order valence-electron chi connectivity index (χ1n) is 6.14. The Bertz CT molecular complexity index is 623. The maximum atomic E-state index is 12.1. The molecule has 1 aliphatic rings. The Labute approximate surface area is 115 Å². The van der Waals surface area contributed by atoms with Crippen molar-refractivity contribution in [3.8, 4) is 0 Å². The number of aromatic nitrogens is 1. The topological polar surface area (TPSA) is 62.2 Å². The lowest BCUT2D eigenvalue weighted by Gasteiger charge is -2.17. The van der Waals surface area contributed by atoms with Gasteiger partial charge in [0.1, 0.15) is 4.88 Å². The minimum Gasteiger partial charge on any atom is -0.390 e. The molecule has 1 amide bonds. The van der Waals surface area contributed by atoms with E-state index in [2.05, 4.69) is 10.3 Å². The highest BCUT2D eigenvalue weighted by Crippen LogP contribution is 2.31. The van der Waals surface area contributed by atoms with Gasteiger partial charge in [0.25, 0.3) is 5.91 Å². The van der Waals surface area contributed by atoms with Crippen LogP contribution in [0.15, 0.2) is 30.5 Å². The van der Waals surface area contributed by atoms with E-state index in [1.165, 1.54) is 11.3 Å². The van der Waals surface area contributed by atoms with E-state index >= 15 is 0 Å². The van der Waals surface area contributed by atoms with Crippen molar-refractivity contribution in [1.29, 1.82) is 0 Å². The molecule has 1 aliphatic carbocycles. The first-order chi connectivity index (χ1) is 9.15. The number of nitrogens with zero attached hydrogens (tertiary/aromatic N) is 1. The Morgan fingerprint density at radius 1 is 1.47 bits per heavy atom. The summed E-state index contributed by atoms with van der Waals surface area (Å²) in [5.41, 5.74) is 2.10. The Morgan fingerprint density at radius 3 is 3.00 bits per heavy atom. The van der Waals surface area contributed by atoms with Gasteiger partial charge in [-0.25, -0.2) is 4.98 Å². The average Bonchev–Trinajstić information content (AvgIpc) is 2.95. The maximum absolute atomic E-state index is 12.1. The summed E-state index contributed by atoms with van der Waals surface area (Å²) in [7, 11) is 0. The smallest absolute Gasteiger partial charge is 0.263 e. The zero-order valence-electron chi connectivity index (χ0n) is 10.5. The zero-order chi connectivity index (χ0) is 13.4. The summed E-state index contributed by atoms with van der Waals surface area (Å²) in [5.74, 6) is -0.175. The number of aliphatic hydroxyl groups excluding tert-OH is 1. The number of benzene rings is 1. The number of aliphatic hydroxyl groups is 1. The summed E-state index contributed by atoms with van der Waals surface area (Å²) in [6, 6.07) is 7.48. The van der Waals surface area contributed by atoms with Gasteiger partial charge in [0, 0.05) is 6.42 Å². The van der Waals surface area contributed by atoms with Gasteiger partial charge in [-0.3, -0.25) is 4.79 Å². The van der Waals surface area contributed by atoms with E-state index in [9.17, 15) is 9.90 Å². The third kappa shape index (κ3) is 2.27. The summed E-state index contributed by atoms with van der Waals surface area (Å²) in [6.07, 6.45) is 1.60. The standard InChI is InChI=1S/C14H14N2O2S/c1-8-15-7-12(19-8)14(18)16-13-10-5-3-2-4-9(10)6-11(13)17/h2-5,7,11,13,17H,6H2,1H3,(H,16,18)/t11-,13+/m1/s1. The van der Waals surface area contributed by atoms with Gasteiger partial charge in [0.2, 0.25) is 0 Å². The molecular weight excluding hydrogens is 260 g/mol. The molecular formula is C14H14N2O2S. The maximum Gasteiger partial charge on any atom is 0.263 e. The van der Waals surface area contributed by atoms with Crippen molar-refractivity contribution in [2.24, 2.45) is 0 Å². The van der Waals surface area contributed by atoms with Crippen molar-refractivity contribution in [1.82, 2.24) is 10.3 Å². The van der Waals surface area contributed by atoms with Crippen LogP contribution in [0.1, 0.15) is 31.8 Å². The molecule has 19 heavy (non-hydrogen) atoms. The monoisotopic (exact) mass is 274 g/mol. The normalized spacial score (nSPS) is 21.2. The lowest BCUT2D eigenvalue weighted by atomic mass is 10.1. The van der Waals surface area contributed by atoms with E-state index in [0.29, 0.717) is 11.3 Å². The number of amides is 1. The van der Waals surface area contributed by atoms with E-state index in [1.807, 2.05) is 31.2 Å². The second-order valence-corrected chi connectivity index (χ2v) is 5.90. The third-order valence-electron chi connectivity index (χ3n) is 3.34. The fraction of sp³-hybridized carbons (Fsp3) is 0.286. The highest BCUT2D eigenvalue weighted by molar-refractivity contribution is 7.13. The van der Waals surface area contributed by atoms with E-state index in [1.54, 1.807) is 6.20 Å². The van der Waals surface area contributed by atoms with Crippen LogP contribution in [0.4, 0.5) is 0 Å². The van der Waals surface area contributed by atoms with Crippen LogP contribution in [0.5, 0.6) is 0 Å². The van der Waals surface area contributed by atoms with Gasteiger partial charge in [0.15, 0.2) is 0 Å². The van der Waals surface area contributed by atoms with Crippen LogP contribution >= 0.6 is 11.3 Å². The highest BCUT2D eigenvalue weighted by Gasteiger charge is 2.32. The van der Waals surface area contributed by atoms with Crippen LogP contribution in [0, 0.1) is 6.92 Å². The Balaban J connectivity index is 1.82. The van der Waals surface area contributed by atoms with Gasteiger partial charge in [-0.05, 0) is 18.1 Å². The van der Waals surface area contributed by atoms with Gasteiger partial charge >= 0.3 is 0 Å². The fourth-order valence-electron chi connectivity index (χ4n) is 2.43. The lowest BCUT2D eigenvalue weighted by Crippen LogP contribution is -2.33. The number of carbonyl (C=O) groups is 1. The summed E-state index contributed by atoms with van der Waals surface area (Å²) in [6.45, 7) is 1.86. The number of rotatable bonds is 2. The molecule has 0 saturated heterocycles. The molecule has 0 bridgehead atoms. The highest BCUT2D eigenvalue weighted by atomic mass is 32.1. The van der Waals surface area contributed by atoms with Gasteiger partial charge < -0.3 is 10.4 Å². The molecule has 0 aliphatic heterocycles. The predicted octanol–water partition coefficient (Wildman–Crippen LogP) is 1.84. The first-order valence-corrected chi connectivity index (χ1v) is 6.96. The molecule has 5 heteroatoms. The number of hydrogen-bond donors (Lipinski definition) is 2. The number of thiazole rings is 1. The number of nitrogens with one attached hydrogen (secondary N) is 1. The molecule has 1 aromatic heterocycles. The number of hydrogen-bond acceptors (Lipinski definition) is 4. The Hall–Kier alpha value is -1.72. The van der Waals surface area contributed by atoms with Crippen LogP contribution in [0.2, 0.25) is 0 Å². The molecule has 0 unspecified atom stereocenters. The van der Waals surface area contributed by atoms with Crippen molar-refractivity contribution in [3.63, 3.8) is 0 Å². The van der Waals surface area contributed by atoms with Crippen molar-refractivity contribution in [3.05, 3.63) is 51.5 Å². The fourth-order valence-corrected chi connectivity index (χ4v) is 3.11. The van der Waals surface area contributed by atoms with Crippen LogP contribution in [0.25, 0.3) is 0 Å². The van der Waals surface area contributed by atoms with Crippen LogP contribution < -0.4 is 5.32 Å². The second kappa shape index (κ2) is 4.75. The van der Waals surface area contributed by atoms with E-state index in [-0.39, 0.29) is 11.9 Å². The molecule has 0 radical (unpaired) electrons. The molecule has 0 fully saturated rings.